The third-order valence-corrected chi connectivity index (χ3v) is 2.17. The zero-order valence-corrected chi connectivity index (χ0v) is 7.97. The van der Waals surface area contributed by atoms with Crippen molar-refractivity contribution in [3.63, 3.8) is 0 Å². The van der Waals surface area contributed by atoms with E-state index in [1.807, 2.05) is 0 Å². The number of nitrogens with one attached hydrogen (secondary N) is 1. The van der Waals surface area contributed by atoms with E-state index in [-0.39, 0.29) is 6.42 Å². The average molecular weight is 233 g/mol. The number of nitrogens with zero attached hydrogens (tertiary/aromatic N) is 1. The molecule has 0 aliphatic rings. The highest BCUT2D eigenvalue weighted by molar-refractivity contribution is 9.10. The van der Waals surface area contributed by atoms with Crippen LogP contribution in [0.4, 0.5) is 0 Å². The lowest BCUT2D eigenvalue weighted by Crippen LogP contribution is -1.96. The number of H-pyrrole nitrogens is 1. The molecule has 0 aliphatic heterocycles. The minimum atomic E-state index is -0.759. The summed E-state index contributed by atoms with van der Waals surface area (Å²) in [5, 5.41) is 15.0. The Morgan fingerprint density at radius 3 is 3.00 bits per heavy atom. The molecule has 1 heterocycles. The smallest absolute Gasteiger partial charge is 0.303 e. The first-order valence-corrected chi connectivity index (χ1v) is 4.39. The van der Waals surface area contributed by atoms with Gasteiger partial charge in [-0.1, -0.05) is 0 Å². The van der Waals surface area contributed by atoms with Gasteiger partial charge in [0.25, 0.3) is 0 Å². The summed E-state index contributed by atoms with van der Waals surface area (Å²) in [5.74, 6) is -0.759. The summed E-state index contributed by atoms with van der Waals surface area (Å²) in [6, 6.07) is 0. The van der Waals surface area contributed by atoms with Gasteiger partial charge in [0, 0.05) is 12.1 Å². The largest absolute Gasteiger partial charge is 0.481 e. The molecule has 0 unspecified atom stereocenters. The molecular weight excluding hydrogens is 224 g/mol. The van der Waals surface area contributed by atoms with Crippen LogP contribution in [0.2, 0.25) is 0 Å². The van der Waals surface area contributed by atoms with Gasteiger partial charge in [0.2, 0.25) is 0 Å². The van der Waals surface area contributed by atoms with E-state index in [0.29, 0.717) is 12.8 Å². The van der Waals surface area contributed by atoms with Gasteiger partial charge in [-0.15, -0.1) is 0 Å². The van der Waals surface area contributed by atoms with Crippen molar-refractivity contribution in [1.82, 2.24) is 10.2 Å². The minimum absolute atomic E-state index is 0.200. The van der Waals surface area contributed by atoms with E-state index in [4.69, 9.17) is 5.11 Å². The molecule has 0 saturated heterocycles. The fourth-order valence-corrected chi connectivity index (χ4v) is 1.28. The number of aromatic nitrogens is 2. The zero-order valence-electron chi connectivity index (χ0n) is 6.38. The van der Waals surface area contributed by atoms with Gasteiger partial charge in [-0.25, -0.2) is 0 Å². The van der Waals surface area contributed by atoms with Crippen molar-refractivity contribution in [2.75, 3.05) is 0 Å². The zero-order chi connectivity index (χ0) is 8.97. The first kappa shape index (κ1) is 9.25. The van der Waals surface area contributed by atoms with E-state index in [1.165, 1.54) is 0 Å². The SMILES string of the molecule is O=C(O)CCCc1[nH]ncc1Br. The number of aromatic amines is 1. The standard InChI is InChI=1S/C7H9BrN2O2/c8-5-4-9-10-6(5)2-1-3-7(11)12/h4H,1-3H2,(H,9,10)(H,11,12). The second-order valence-corrected chi connectivity index (χ2v) is 3.30. The Balaban J connectivity index is 2.33. The van der Waals surface area contributed by atoms with Crippen molar-refractivity contribution in [3.05, 3.63) is 16.4 Å². The molecule has 1 aromatic rings. The van der Waals surface area contributed by atoms with Crippen molar-refractivity contribution >= 4 is 21.9 Å². The molecule has 12 heavy (non-hydrogen) atoms. The maximum Gasteiger partial charge on any atom is 0.303 e. The number of carboxylic acid groups (broad SMARTS) is 1. The van der Waals surface area contributed by atoms with Crippen LogP contribution in [-0.2, 0) is 11.2 Å². The van der Waals surface area contributed by atoms with Crippen LogP contribution in [0.1, 0.15) is 18.5 Å². The molecule has 4 nitrogen and oxygen atoms in total. The molecule has 0 bridgehead atoms. The Hall–Kier alpha value is -0.840. The highest BCUT2D eigenvalue weighted by Crippen LogP contribution is 2.14. The van der Waals surface area contributed by atoms with Gasteiger partial charge in [-0.3, -0.25) is 9.89 Å². The number of carboxylic acids is 1. The highest BCUT2D eigenvalue weighted by Gasteiger charge is 2.02. The predicted octanol–water partition coefficient (Wildman–Crippen LogP) is 1.58. The summed E-state index contributed by atoms with van der Waals surface area (Å²) in [6.45, 7) is 0. The van der Waals surface area contributed by atoms with Crippen molar-refractivity contribution in [1.29, 1.82) is 0 Å². The summed E-state index contributed by atoms with van der Waals surface area (Å²) < 4.78 is 0.910. The maximum atomic E-state index is 10.2. The molecule has 0 aromatic carbocycles. The van der Waals surface area contributed by atoms with E-state index >= 15 is 0 Å². The monoisotopic (exact) mass is 232 g/mol. The van der Waals surface area contributed by atoms with Crippen LogP contribution >= 0.6 is 15.9 Å². The number of aryl methyl sites for hydroxylation is 1. The van der Waals surface area contributed by atoms with Crippen molar-refractivity contribution in [2.45, 2.75) is 19.3 Å². The molecule has 0 radical (unpaired) electrons. The van der Waals surface area contributed by atoms with Gasteiger partial charge in [-0.2, -0.15) is 5.10 Å². The molecule has 0 amide bonds. The fourth-order valence-electron chi connectivity index (χ4n) is 0.890. The van der Waals surface area contributed by atoms with E-state index in [0.717, 1.165) is 10.2 Å². The Kier molecular flexibility index (Phi) is 3.28. The first-order valence-electron chi connectivity index (χ1n) is 3.59. The Morgan fingerprint density at radius 1 is 1.75 bits per heavy atom. The van der Waals surface area contributed by atoms with Gasteiger partial charge in [0.05, 0.1) is 10.7 Å². The summed E-state index contributed by atoms with van der Waals surface area (Å²) in [4.78, 5) is 10.2. The van der Waals surface area contributed by atoms with Gasteiger partial charge >= 0.3 is 5.97 Å². The first-order chi connectivity index (χ1) is 5.70. The quantitative estimate of drug-likeness (QED) is 0.829. The summed E-state index contributed by atoms with van der Waals surface area (Å²) in [5.41, 5.74) is 0.955. The van der Waals surface area contributed by atoms with E-state index in [1.54, 1.807) is 6.20 Å². The molecule has 0 aliphatic carbocycles. The van der Waals surface area contributed by atoms with E-state index < -0.39 is 5.97 Å². The fraction of sp³-hybridized carbons (Fsp3) is 0.429. The molecule has 0 fully saturated rings. The minimum Gasteiger partial charge on any atom is -0.481 e. The molecule has 66 valence electrons. The Bertz CT molecular complexity index is 272. The van der Waals surface area contributed by atoms with Crippen molar-refractivity contribution < 1.29 is 9.90 Å². The predicted molar refractivity (Wildman–Crippen MR) is 46.9 cm³/mol. The van der Waals surface area contributed by atoms with Crippen LogP contribution in [0.15, 0.2) is 10.7 Å². The Labute approximate surface area is 78.1 Å². The topological polar surface area (TPSA) is 66.0 Å². The molecule has 0 saturated carbocycles. The summed E-state index contributed by atoms with van der Waals surface area (Å²) in [6.07, 6.45) is 3.21. The lowest BCUT2D eigenvalue weighted by atomic mass is 10.2. The number of halogens is 1. The number of rotatable bonds is 4. The number of hydrogen-bond acceptors (Lipinski definition) is 2. The maximum absolute atomic E-state index is 10.2. The van der Waals surface area contributed by atoms with Crippen LogP contribution in [0.5, 0.6) is 0 Å². The Morgan fingerprint density at radius 2 is 2.50 bits per heavy atom. The van der Waals surface area contributed by atoms with Gasteiger partial charge in [0.1, 0.15) is 0 Å². The van der Waals surface area contributed by atoms with Crippen LogP contribution in [0, 0.1) is 0 Å². The molecule has 0 spiro atoms. The lowest BCUT2D eigenvalue weighted by Gasteiger charge is -1.95. The van der Waals surface area contributed by atoms with Crippen LogP contribution < -0.4 is 0 Å². The second-order valence-electron chi connectivity index (χ2n) is 2.44. The third kappa shape index (κ3) is 2.65. The second kappa shape index (κ2) is 4.25. The molecule has 1 aromatic heterocycles. The summed E-state index contributed by atoms with van der Waals surface area (Å²) in [7, 11) is 0. The van der Waals surface area contributed by atoms with E-state index in [9.17, 15) is 4.79 Å². The van der Waals surface area contributed by atoms with Crippen LogP contribution in [0.3, 0.4) is 0 Å². The molecule has 2 N–H and O–H groups in total. The van der Waals surface area contributed by atoms with Crippen LogP contribution in [0.25, 0.3) is 0 Å². The molecule has 5 heteroatoms. The number of carbonyl (C=O) groups is 1. The molecule has 0 atom stereocenters. The molecular formula is C7H9BrN2O2. The average Bonchev–Trinajstić information content (AvgIpc) is 2.36. The normalized spacial score (nSPS) is 10.1. The van der Waals surface area contributed by atoms with Crippen molar-refractivity contribution in [3.8, 4) is 0 Å². The number of aliphatic carboxylic acids is 1. The van der Waals surface area contributed by atoms with Crippen molar-refractivity contribution in [2.24, 2.45) is 0 Å². The van der Waals surface area contributed by atoms with Gasteiger partial charge < -0.3 is 5.11 Å². The molecule has 1 rings (SSSR count). The number of hydrogen-bond donors (Lipinski definition) is 2. The van der Waals surface area contributed by atoms with Gasteiger partial charge in [0.15, 0.2) is 0 Å². The third-order valence-electron chi connectivity index (χ3n) is 1.48. The summed E-state index contributed by atoms with van der Waals surface area (Å²) >= 11 is 3.29. The lowest BCUT2D eigenvalue weighted by molar-refractivity contribution is -0.137. The van der Waals surface area contributed by atoms with Gasteiger partial charge in [-0.05, 0) is 28.8 Å². The highest BCUT2D eigenvalue weighted by atomic mass is 79.9. The van der Waals surface area contributed by atoms with Crippen LogP contribution in [-0.4, -0.2) is 21.3 Å². The van der Waals surface area contributed by atoms with E-state index in [2.05, 4.69) is 26.1 Å².